The summed E-state index contributed by atoms with van der Waals surface area (Å²) in [5.74, 6) is 1.73. The molecule has 0 radical (unpaired) electrons. The highest BCUT2D eigenvalue weighted by Gasteiger charge is 2.53. The van der Waals surface area contributed by atoms with Crippen molar-refractivity contribution in [2.45, 2.75) is 25.7 Å². The second-order valence-electron chi connectivity index (χ2n) is 6.11. The van der Waals surface area contributed by atoms with Gasteiger partial charge in [0.2, 0.25) is 0 Å². The zero-order valence-corrected chi connectivity index (χ0v) is 12.6. The molecule has 0 saturated heterocycles. The summed E-state index contributed by atoms with van der Waals surface area (Å²) in [6.45, 7) is 0.754. The topological polar surface area (TPSA) is 73.6 Å². The molecule has 5 nitrogen and oxygen atoms in total. The summed E-state index contributed by atoms with van der Waals surface area (Å²) in [7, 11) is 3.09. The minimum Gasteiger partial charge on any atom is -0.493 e. The van der Waals surface area contributed by atoms with E-state index in [1.807, 2.05) is 0 Å². The molecule has 2 aliphatic rings. The number of carbonyl (C=O) groups is 1. The first-order valence-corrected chi connectivity index (χ1v) is 7.39. The highest BCUT2D eigenvalue weighted by molar-refractivity contribution is 6.00. The molecule has 3 N–H and O–H groups in total. The molecule has 0 atom stereocenters. The second kappa shape index (κ2) is 5.13. The number of nitrogens with one attached hydrogen (secondary N) is 1. The first kappa shape index (κ1) is 14.0. The van der Waals surface area contributed by atoms with E-state index >= 15 is 0 Å². The van der Waals surface area contributed by atoms with Gasteiger partial charge in [-0.15, -0.1) is 0 Å². The summed E-state index contributed by atoms with van der Waals surface area (Å²) in [4.78, 5) is 12.4. The van der Waals surface area contributed by atoms with Crippen LogP contribution in [0.25, 0.3) is 0 Å². The number of benzene rings is 1. The average molecular weight is 290 g/mol. The van der Waals surface area contributed by atoms with Crippen LogP contribution < -0.4 is 20.5 Å². The van der Waals surface area contributed by atoms with Crippen molar-refractivity contribution in [2.75, 3.05) is 26.5 Å². The molecule has 0 spiro atoms. The molecule has 2 fully saturated rings. The smallest absolute Gasteiger partial charge is 0.253 e. The summed E-state index contributed by atoms with van der Waals surface area (Å²) in [5, 5.41) is 3.04. The number of rotatable bonds is 6. The van der Waals surface area contributed by atoms with Gasteiger partial charge in [-0.1, -0.05) is 0 Å². The number of hydrogen-bond acceptors (Lipinski definition) is 4. The van der Waals surface area contributed by atoms with Gasteiger partial charge in [0.25, 0.3) is 5.91 Å². The number of carbonyl (C=O) groups excluding carboxylic acids is 1. The fraction of sp³-hybridized carbons (Fsp3) is 0.562. The lowest BCUT2D eigenvalue weighted by Crippen LogP contribution is -2.31. The van der Waals surface area contributed by atoms with Crippen molar-refractivity contribution in [3.63, 3.8) is 0 Å². The minimum absolute atomic E-state index is 0.139. The molecule has 1 amide bonds. The van der Waals surface area contributed by atoms with Crippen molar-refractivity contribution >= 4 is 11.6 Å². The third-order valence-corrected chi connectivity index (χ3v) is 4.74. The van der Waals surface area contributed by atoms with E-state index in [1.165, 1.54) is 25.7 Å². The van der Waals surface area contributed by atoms with Crippen LogP contribution in [0, 0.1) is 11.3 Å². The van der Waals surface area contributed by atoms with Gasteiger partial charge in [-0.05, 0) is 43.1 Å². The van der Waals surface area contributed by atoms with Gasteiger partial charge in [-0.25, -0.2) is 0 Å². The van der Waals surface area contributed by atoms with Crippen molar-refractivity contribution in [3.05, 3.63) is 17.7 Å². The number of methoxy groups -OCH3 is 2. The first-order chi connectivity index (χ1) is 10.1. The minimum atomic E-state index is -0.139. The largest absolute Gasteiger partial charge is 0.493 e. The van der Waals surface area contributed by atoms with Gasteiger partial charge in [0.1, 0.15) is 0 Å². The maximum absolute atomic E-state index is 12.4. The highest BCUT2D eigenvalue weighted by Crippen LogP contribution is 2.60. The molecular formula is C16H22N2O3. The average Bonchev–Trinajstić information content (AvgIpc) is 3.37. The Morgan fingerprint density at radius 3 is 2.43 bits per heavy atom. The highest BCUT2D eigenvalue weighted by atomic mass is 16.5. The van der Waals surface area contributed by atoms with E-state index in [9.17, 15) is 4.79 Å². The summed E-state index contributed by atoms with van der Waals surface area (Å²) in [6, 6.07) is 3.27. The van der Waals surface area contributed by atoms with Crippen LogP contribution in [0.5, 0.6) is 11.5 Å². The number of nitrogens with two attached hydrogens (primary N) is 1. The molecule has 114 valence electrons. The van der Waals surface area contributed by atoms with Crippen LogP contribution in [0.4, 0.5) is 5.69 Å². The standard InChI is InChI=1S/C16H22N2O3/c1-20-13-7-11(12(17)8-14(13)21-2)15(19)18-9-16(5-6-16)10-3-4-10/h7-8,10H,3-6,9,17H2,1-2H3,(H,18,19). The summed E-state index contributed by atoms with van der Waals surface area (Å²) < 4.78 is 10.4. The van der Waals surface area contributed by atoms with Crippen LogP contribution in [0.15, 0.2) is 12.1 Å². The van der Waals surface area contributed by atoms with Gasteiger partial charge in [0.05, 0.1) is 19.8 Å². The number of amides is 1. The zero-order chi connectivity index (χ0) is 15.0. The lowest BCUT2D eigenvalue weighted by atomic mass is 10.0. The van der Waals surface area contributed by atoms with E-state index < -0.39 is 0 Å². The lowest BCUT2D eigenvalue weighted by Gasteiger charge is -2.16. The third kappa shape index (κ3) is 2.64. The molecule has 0 aliphatic heterocycles. The van der Waals surface area contributed by atoms with Crippen molar-refractivity contribution in [1.82, 2.24) is 5.32 Å². The Balaban J connectivity index is 1.71. The Morgan fingerprint density at radius 2 is 1.90 bits per heavy atom. The maximum atomic E-state index is 12.4. The monoisotopic (exact) mass is 290 g/mol. The van der Waals surface area contributed by atoms with E-state index in [0.29, 0.717) is 28.2 Å². The van der Waals surface area contributed by atoms with E-state index in [-0.39, 0.29) is 5.91 Å². The molecule has 0 bridgehead atoms. The predicted octanol–water partition coefficient (Wildman–Crippen LogP) is 2.21. The van der Waals surface area contributed by atoms with Gasteiger partial charge >= 0.3 is 0 Å². The van der Waals surface area contributed by atoms with Crippen LogP contribution in [0.1, 0.15) is 36.0 Å². The molecule has 3 rings (SSSR count). The lowest BCUT2D eigenvalue weighted by molar-refractivity contribution is 0.0943. The van der Waals surface area contributed by atoms with Crippen molar-refractivity contribution in [1.29, 1.82) is 0 Å². The number of nitrogen functional groups attached to an aromatic ring is 1. The second-order valence-corrected chi connectivity index (χ2v) is 6.11. The molecule has 0 heterocycles. The van der Waals surface area contributed by atoms with Crippen molar-refractivity contribution in [2.24, 2.45) is 11.3 Å². The molecule has 1 aromatic carbocycles. The fourth-order valence-corrected chi connectivity index (χ4v) is 3.03. The molecule has 21 heavy (non-hydrogen) atoms. The maximum Gasteiger partial charge on any atom is 0.253 e. The van der Waals surface area contributed by atoms with Crippen LogP contribution in [0.3, 0.4) is 0 Å². The summed E-state index contributed by atoms with van der Waals surface area (Å²) in [6.07, 6.45) is 5.10. The van der Waals surface area contributed by atoms with Crippen LogP contribution in [-0.2, 0) is 0 Å². The van der Waals surface area contributed by atoms with Gasteiger partial charge < -0.3 is 20.5 Å². The Bertz CT molecular complexity index is 563. The van der Waals surface area contributed by atoms with Crippen LogP contribution >= 0.6 is 0 Å². The van der Waals surface area contributed by atoms with Gasteiger partial charge in [0, 0.05) is 18.3 Å². The SMILES string of the molecule is COc1cc(N)c(C(=O)NCC2(C3CC3)CC2)cc1OC. The normalized spacial score (nSPS) is 19.0. The Kier molecular flexibility index (Phi) is 3.43. The van der Waals surface area contributed by atoms with Crippen molar-refractivity contribution < 1.29 is 14.3 Å². The molecule has 2 aliphatic carbocycles. The quantitative estimate of drug-likeness (QED) is 0.788. The summed E-state index contributed by atoms with van der Waals surface area (Å²) in [5.41, 5.74) is 7.18. The molecule has 5 heteroatoms. The number of anilines is 1. The van der Waals surface area contributed by atoms with Crippen LogP contribution in [0.2, 0.25) is 0 Å². The van der Waals surface area contributed by atoms with Gasteiger partial charge in [-0.3, -0.25) is 4.79 Å². The molecule has 0 aromatic heterocycles. The van der Waals surface area contributed by atoms with E-state index in [1.54, 1.807) is 26.4 Å². The number of hydrogen-bond donors (Lipinski definition) is 2. The zero-order valence-electron chi connectivity index (χ0n) is 12.6. The Labute approximate surface area is 124 Å². The van der Waals surface area contributed by atoms with Gasteiger partial charge in [-0.2, -0.15) is 0 Å². The molecule has 1 aromatic rings. The molecular weight excluding hydrogens is 268 g/mol. The van der Waals surface area contributed by atoms with E-state index in [2.05, 4.69) is 5.32 Å². The molecule has 0 unspecified atom stereocenters. The van der Waals surface area contributed by atoms with Crippen LogP contribution in [-0.4, -0.2) is 26.7 Å². The number of ether oxygens (including phenoxy) is 2. The predicted molar refractivity (Wildman–Crippen MR) is 80.7 cm³/mol. The van der Waals surface area contributed by atoms with Crippen molar-refractivity contribution in [3.8, 4) is 11.5 Å². The Morgan fingerprint density at radius 1 is 1.29 bits per heavy atom. The Hall–Kier alpha value is -1.91. The molecule has 2 saturated carbocycles. The van der Waals surface area contributed by atoms with E-state index in [0.717, 1.165) is 12.5 Å². The summed E-state index contributed by atoms with van der Waals surface area (Å²) >= 11 is 0. The van der Waals surface area contributed by atoms with Gasteiger partial charge in [0.15, 0.2) is 11.5 Å². The van der Waals surface area contributed by atoms with E-state index in [4.69, 9.17) is 15.2 Å². The first-order valence-electron chi connectivity index (χ1n) is 7.39. The third-order valence-electron chi connectivity index (χ3n) is 4.74. The fourth-order valence-electron chi connectivity index (χ4n) is 3.03.